The summed E-state index contributed by atoms with van der Waals surface area (Å²) < 4.78 is 106. The van der Waals surface area contributed by atoms with Crippen LogP contribution in [0.2, 0.25) is 0 Å². The standard InChI is InChI=1S/C21H24FNO5.C16H16FNO3.C13H17BrFNO3.C8H8BO4.C8H9BrFNO/c1-21(2,3)28-20(25)23-12-16-15(10-11-17(26-4)18(16)22)13-6-8-14(9-7-13)19(24)27-5;1-20-14-8-7-12(13(9-18)15(14)17)10-3-5-11(6-4-10)16(19)21-2;1-13(2,3)19-12(17)16-7-8-9(14)5-6-10(18-4)11(8)15;1-12-8(10)6-2-4-7(5-3-6)13-9-11;1-12-7-3-2-6(9)5(4-11)8(7)10/h6-11H,12H2,1-5H3,(H,23,25);3-8H,9,18H2,1-2H3;5-6H,7H2,1-4H3,(H,16,17);2-5,11H,1H3;2-3H,4,11H2,1H3. The second-order valence-corrected chi connectivity index (χ2v) is 22.5. The number of amides is 2. The molecule has 2 amide bonds. The van der Waals surface area contributed by atoms with Gasteiger partial charge in [-0.2, -0.15) is 0 Å². The van der Waals surface area contributed by atoms with Gasteiger partial charge in [0.2, 0.25) is 0 Å². The molecule has 7 N–H and O–H groups in total. The normalized spacial score (nSPS) is 10.4. The summed E-state index contributed by atoms with van der Waals surface area (Å²) in [6.07, 6.45) is -1.25. The summed E-state index contributed by atoms with van der Waals surface area (Å²) in [5, 5.41) is 13.4. The number of hydrogen-bond donors (Lipinski definition) is 5. The fraction of sp³-hybridized carbons (Fsp3) is 0.288. The van der Waals surface area contributed by atoms with Gasteiger partial charge in [0.15, 0.2) is 46.3 Å². The van der Waals surface area contributed by atoms with Gasteiger partial charge in [-0.1, -0.05) is 68.3 Å². The molecule has 0 unspecified atom stereocenters. The average molecular weight is 1430 g/mol. The number of benzene rings is 7. The van der Waals surface area contributed by atoms with Crippen LogP contribution in [0.25, 0.3) is 22.3 Å². The Morgan fingerprint density at radius 3 is 1.08 bits per heavy atom. The van der Waals surface area contributed by atoms with E-state index in [1.807, 2.05) is 0 Å². The zero-order valence-corrected chi connectivity index (χ0v) is 56.6. The van der Waals surface area contributed by atoms with Gasteiger partial charge in [-0.25, -0.2) is 41.5 Å². The minimum absolute atomic E-state index is 0.0124. The summed E-state index contributed by atoms with van der Waals surface area (Å²) in [6, 6.07) is 32.4. The Bertz CT molecular complexity index is 3620. The first-order chi connectivity index (χ1) is 44.0. The fourth-order valence-electron chi connectivity index (χ4n) is 7.85. The number of halogens is 6. The molecule has 27 heteroatoms. The summed E-state index contributed by atoms with van der Waals surface area (Å²) in [5.74, 6) is -2.19. The van der Waals surface area contributed by atoms with Crippen molar-refractivity contribution >= 4 is 69.6 Å². The van der Waals surface area contributed by atoms with Crippen LogP contribution in [0.1, 0.15) is 94.9 Å². The number of esters is 3. The van der Waals surface area contributed by atoms with Gasteiger partial charge in [0.25, 0.3) is 0 Å². The minimum Gasteiger partial charge on any atom is -0.537 e. The van der Waals surface area contributed by atoms with Gasteiger partial charge < -0.3 is 74.4 Å². The van der Waals surface area contributed by atoms with Crippen LogP contribution in [0.3, 0.4) is 0 Å². The third-order valence-corrected chi connectivity index (χ3v) is 13.8. The van der Waals surface area contributed by atoms with E-state index < -0.39 is 64.6 Å². The SMILES string of the molecule is COC(=O)c1ccc(-c2ccc(OC)c(F)c2CN)cc1.COC(=O)c1ccc(-c2ccc(OC)c(F)c2CNC(=O)OC(C)(C)C)cc1.COC(=O)c1ccc(O[B]O)cc1.COc1ccc(Br)c(CN)c1F.COc1ccc(Br)c(CNC(=O)OC(C)(C)C)c1F. The van der Waals surface area contributed by atoms with Gasteiger partial charge in [0, 0.05) is 50.8 Å². The second kappa shape index (κ2) is 38.2. The number of nitrogens with one attached hydrogen (secondary N) is 2. The zero-order chi connectivity index (χ0) is 69.8. The zero-order valence-electron chi connectivity index (χ0n) is 53.4. The summed E-state index contributed by atoms with van der Waals surface area (Å²) in [7, 11) is 10.1. The molecular formula is C66H74BBr2F4N4O16. The van der Waals surface area contributed by atoms with Crippen molar-refractivity contribution < 1.29 is 93.8 Å². The van der Waals surface area contributed by atoms with Crippen molar-refractivity contribution in [3.63, 3.8) is 0 Å². The Kier molecular flexibility index (Phi) is 32.2. The van der Waals surface area contributed by atoms with Crippen LogP contribution in [0.15, 0.2) is 130 Å². The fourth-order valence-corrected chi connectivity index (χ4v) is 8.76. The van der Waals surface area contributed by atoms with E-state index in [1.54, 1.807) is 151 Å². The molecule has 0 spiro atoms. The molecule has 0 aromatic heterocycles. The van der Waals surface area contributed by atoms with Gasteiger partial charge in [-0.15, -0.1) is 0 Å². The molecular weight excluding hydrogens is 1350 g/mol. The second-order valence-electron chi connectivity index (χ2n) is 20.8. The highest BCUT2D eigenvalue weighted by atomic mass is 79.9. The number of rotatable bonds is 17. The Hall–Kier alpha value is -8.89. The Morgan fingerprint density at radius 2 is 0.742 bits per heavy atom. The molecule has 499 valence electrons. The van der Waals surface area contributed by atoms with E-state index in [2.05, 4.69) is 61.4 Å². The molecule has 20 nitrogen and oxygen atoms in total. The quantitative estimate of drug-likeness (QED) is 0.0245. The highest BCUT2D eigenvalue weighted by molar-refractivity contribution is 9.10. The summed E-state index contributed by atoms with van der Waals surface area (Å²) >= 11 is 6.43. The van der Waals surface area contributed by atoms with Crippen molar-refractivity contribution in [3.8, 4) is 51.0 Å². The number of ether oxygens (including phenoxy) is 9. The first-order valence-corrected chi connectivity index (χ1v) is 29.3. The first kappa shape index (κ1) is 78.4. The molecule has 0 aliphatic heterocycles. The molecule has 0 saturated carbocycles. The lowest BCUT2D eigenvalue weighted by molar-refractivity contribution is 0.0511. The molecule has 93 heavy (non-hydrogen) atoms. The molecule has 0 fully saturated rings. The number of carbonyl (C=O) groups excluding carboxylic acids is 5. The van der Waals surface area contributed by atoms with Gasteiger partial charge in [-0.3, -0.25) is 0 Å². The molecule has 0 heterocycles. The summed E-state index contributed by atoms with van der Waals surface area (Å²) in [4.78, 5) is 57.4. The number of carbonyl (C=O) groups is 5. The number of nitrogens with two attached hydrogens (primary N) is 2. The van der Waals surface area contributed by atoms with E-state index >= 15 is 0 Å². The monoisotopic (exact) mass is 1420 g/mol. The minimum atomic E-state index is -0.663. The Balaban J connectivity index is 0.000000313. The van der Waals surface area contributed by atoms with Crippen molar-refractivity contribution in [1.29, 1.82) is 0 Å². The smallest absolute Gasteiger partial charge is 0.537 e. The van der Waals surface area contributed by atoms with Crippen LogP contribution < -0.4 is 45.7 Å². The Labute approximate surface area is 555 Å². The van der Waals surface area contributed by atoms with E-state index in [0.717, 1.165) is 5.56 Å². The molecule has 7 aromatic carbocycles. The predicted molar refractivity (Wildman–Crippen MR) is 349 cm³/mol. The number of hydrogen-bond acceptors (Lipinski definition) is 18. The molecule has 0 aliphatic rings. The molecule has 0 aliphatic carbocycles. The lowest BCUT2D eigenvalue weighted by atomic mass is 9.97. The maximum absolute atomic E-state index is 14.9. The third kappa shape index (κ3) is 24.3. The summed E-state index contributed by atoms with van der Waals surface area (Å²) in [6.45, 7) is 10.6. The van der Waals surface area contributed by atoms with E-state index in [1.165, 1.54) is 61.9 Å². The first-order valence-electron chi connectivity index (χ1n) is 27.8. The number of alkyl carbamates (subject to hydrolysis) is 2. The summed E-state index contributed by atoms with van der Waals surface area (Å²) in [5.41, 5.74) is 15.0. The highest BCUT2D eigenvalue weighted by Gasteiger charge is 2.22. The molecule has 7 aromatic rings. The van der Waals surface area contributed by atoms with Crippen LogP contribution in [0.4, 0.5) is 27.2 Å². The molecule has 7 rings (SSSR count). The van der Waals surface area contributed by atoms with E-state index in [4.69, 9.17) is 44.9 Å². The Morgan fingerprint density at radius 1 is 0.441 bits per heavy atom. The van der Waals surface area contributed by atoms with Crippen molar-refractivity contribution in [3.05, 3.63) is 192 Å². The van der Waals surface area contributed by atoms with Crippen molar-refractivity contribution in [2.45, 2.75) is 78.9 Å². The van der Waals surface area contributed by atoms with Crippen LogP contribution in [-0.4, -0.2) is 104 Å². The van der Waals surface area contributed by atoms with Crippen molar-refractivity contribution in [2.24, 2.45) is 11.5 Å². The van der Waals surface area contributed by atoms with E-state index in [0.29, 0.717) is 72.5 Å². The van der Waals surface area contributed by atoms with Crippen LogP contribution >= 0.6 is 31.9 Å². The van der Waals surface area contributed by atoms with Crippen molar-refractivity contribution in [2.75, 3.05) is 49.8 Å². The van der Waals surface area contributed by atoms with Gasteiger partial charge in [0.1, 0.15) is 17.0 Å². The lowest BCUT2D eigenvalue weighted by Crippen LogP contribution is -2.32. The van der Waals surface area contributed by atoms with Gasteiger partial charge >= 0.3 is 37.8 Å². The average Bonchev–Trinajstić information content (AvgIpc) is 0.956. The third-order valence-electron chi connectivity index (χ3n) is 12.3. The van der Waals surface area contributed by atoms with Crippen LogP contribution in [0.5, 0.6) is 28.7 Å². The molecule has 0 saturated heterocycles. The van der Waals surface area contributed by atoms with E-state index in [9.17, 15) is 41.5 Å². The highest BCUT2D eigenvalue weighted by Crippen LogP contribution is 2.34. The topological polar surface area (TPSA) is 274 Å². The van der Waals surface area contributed by atoms with Crippen LogP contribution in [0, 0.1) is 23.3 Å². The van der Waals surface area contributed by atoms with E-state index in [-0.39, 0.29) is 54.7 Å². The van der Waals surface area contributed by atoms with Crippen molar-refractivity contribution in [1.82, 2.24) is 10.6 Å². The maximum atomic E-state index is 14.9. The molecule has 0 atom stereocenters. The number of methoxy groups -OCH3 is 7. The maximum Gasteiger partial charge on any atom is 0.569 e. The predicted octanol–water partition coefficient (Wildman–Crippen LogP) is 13.1. The van der Waals surface area contributed by atoms with Gasteiger partial charge in [-0.05, 0) is 149 Å². The van der Waals surface area contributed by atoms with Crippen LogP contribution in [-0.2, 0) is 49.9 Å². The van der Waals surface area contributed by atoms with Gasteiger partial charge in [0.05, 0.1) is 73.0 Å². The lowest BCUT2D eigenvalue weighted by Gasteiger charge is -2.20. The molecule has 1 radical (unpaired) electrons. The largest absolute Gasteiger partial charge is 0.569 e. The molecule has 0 bridgehead atoms.